The van der Waals surface area contributed by atoms with Gasteiger partial charge in [0.2, 0.25) is 0 Å². The van der Waals surface area contributed by atoms with Crippen LogP contribution in [0.5, 0.6) is 0 Å². The summed E-state index contributed by atoms with van der Waals surface area (Å²) >= 11 is 0. The summed E-state index contributed by atoms with van der Waals surface area (Å²) in [5, 5.41) is 0. The molecular formula is C17H29NO5. The molecule has 132 valence electrons. The SMILES string of the molecule is C=CCCCO[C@@H](CC)C(/C=N/C(=O)OC(C)(C)C)C(=O)OC. The molecule has 0 aliphatic heterocycles. The van der Waals surface area contributed by atoms with Crippen molar-refractivity contribution < 1.29 is 23.8 Å². The van der Waals surface area contributed by atoms with Crippen LogP contribution in [0.2, 0.25) is 0 Å². The first-order valence-electron chi connectivity index (χ1n) is 7.82. The molecule has 0 aromatic carbocycles. The topological polar surface area (TPSA) is 74.2 Å². The van der Waals surface area contributed by atoms with Gasteiger partial charge < -0.3 is 14.2 Å². The zero-order valence-corrected chi connectivity index (χ0v) is 14.8. The molecule has 6 nitrogen and oxygen atoms in total. The molecule has 0 spiro atoms. The highest BCUT2D eigenvalue weighted by Gasteiger charge is 2.28. The van der Waals surface area contributed by atoms with E-state index in [1.165, 1.54) is 13.3 Å². The minimum absolute atomic E-state index is 0.404. The Balaban J connectivity index is 4.86. The van der Waals surface area contributed by atoms with Gasteiger partial charge in [-0.2, -0.15) is 4.99 Å². The van der Waals surface area contributed by atoms with Gasteiger partial charge in [-0.3, -0.25) is 4.79 Å². The summed E-state index contributed by atoms with van der Waals surface area (Å²) in [7, 11) is 1.29. The molecule has 6 heteroatoms. The van der Waals surface area contributed by atoms with Crippen molar-refractivity contribution in [2.45, 2.75) is 58.7 Å². The minimum atomic E-state index is -0.749. The Morgan fingerprint density at radius 2 is 1.96 bits per heavy atom. The van der Waals surface area contributed by atoms with Gasteiger partial charge in [-0.05, 0) is 40.0 Å². The Morgan fingerprint density at radius 3 is 2.43 bits per heavy atom. The van der Waals surface area contributed by atoms with Crippen molar-refractivity contribution in [1.82, 2.24) is 0 Å². The summed E-state index contributed by atoms with van der Waals surface area (Å²) in [5.74, 6) is -1.24. The van der Waals surface area contributed by atoms with Gasteiger partial charge in [-0.1, -0.05) is 13.0 Å². The number of carbonyl (C=O) groups is 2. The lowest BCUT2D eigenvalue weighted by Crippen LogP contribution is -2.33. The lowest BCUT2D eigenvalue weighted by atomic mass is 10.0. The van der Waals surface area contributed by atoms with Crippen LogP contribution in [-0.2, 0) is 19.0 Å². The number of carbonyl (C=O) groups excluding carboxylic acids is 2. The van der Waals surface area contributed by atoms with E-state index in [2.05, 4.69) is 11.6 Å². The summed E-state index contributed by atoms with van der Waals surface area (Å²) in [4.78, 5) is 27.3. The standard InChI is InChI=1S/C17H29NO5/c1-7-9-10-11-22-14(8-2)13(15(19)21-6)12-18-16(20)23-17(3,4)5/h7,12-14H,1,8-11H2,2-6H3/b18-12+/t13?,14-/m0/s1. The Labute approximate surface area is 138 Å². The number of nitrogens with zero attached hydrogens (tertiary/aromatic N) is 1. The van der Waals surface area contributed by atoms with Gasteiger partial charge >= 0.3 is 12.1 Å². The molecule has 1 amide bonds. The molecular weight excluding hydrogens is 298 g/mol. The maximum atomic E-state index is 11.9. The molecule has 0 N–H and O–H groups in total. The summed E-state index contributed by atoms with van der Waals surface area (Å²) in [6.07, 6.45) is 4.16. The van der Waals surface area contributed by atoms with Gasteiger partial charge in [0.15, 0.2) is 0 Å². The Bertz CT molecular complexity index is 412. The molecule has 0 fully saturated rings. The molecule has 2 atom stereocenters. The fraction of sp³-hybridized carbons (Fsp3) is 0.706. The number of ether oxygens (including phenoxy) is 3. The van der Waals surface area contributed by atoms with Gasteiger partial charge in [0.1, 0.15) is 11.5 Å². The van der Waals surface area contributed by atoms with Crippen molar-refractivity contribution >= 4 is 18.3 Å². The monoisotopic (exact) mass is 327 g/mol. The first kappa shape index (κ1) is 21.3. The van der Waals surface area contributed by atoms with E-state index in [0.29, 0.717) is 13.0 Å². The summed E-state index contributed by atoms with van der Waals surface area (Å²) in [6, 6.07) is 0. The van der Waals surface area contributed by atoms with Crippen molar-refractivity contribution in [2.75, 3.05) is 13.7 Å². The van der Waals surface area contributed by atoms with Crippen LogP contribution in [-0.4, -0.2) is 43.7 Å². The number of rotatable bonds is 9. The van der Waals surface area contributed by atoms with E-state index in [-0.39, 0.29) is 0 Å². The fourth-order valence-electron chi connectivity index (χ4n) is 1.81. The molecule has 0 aliphatic rings. The van der Waals surface area contributed by atoms with Gasteiger partial charge in [0.25, 0.3) is 0 Å². The van der Waals surface area contributed by atoms with Crippen molar-refractivity contribution in [3.63, 3.8) is 0 Å². The minimum Gasteiger partial charge on any atom is -0.468 e. The molecule has 0 aromatic rings. The quantitative estimate of drug-likeness (QED) is 0.280. The number of hydrogen-bond acceptors (Lipinski definition) is 5. The largest absolute Gasteiger partial charge is 0.468 e. The first-order valence-corrected chi connectivity index (χ1v) is 7.82. The lowest BCUT2D eigenvalue weighted by molar-refractivity contribution is -0.147. The lowest BCUT2D eigenvalue weighted by Gasteiger charge is -2.22. The van der Waals surface area contributed by atoms with Crippen LogP contribution in [0, 0.1) is 5.92 Å². The number of unbranched alkanes of at least 4 members (excludes halogenated alkanes) is 1. The van der Waals surface area contributed by atoms with E-state index in [1.54, 1.807) is 20.8 Å². The third-order valence-electron chi connectivity index (χ3n) is 2.89. The molecule has 23 heavy (non-hydrogen) atoms. The highest BCUT2D eigenvalue weighted by molar-refractivity contribution is 5.94. The van der Waals surface area contributed by atoms with Crippen LogP contribution in [0.25, 0.3) is 0 Å². The fourth-order valence-corrected chi connectivity index (χ4v) is 1.81. The molecule has 0 saturated heterocycles. The van der Waals surface area contributed by atoms with Crippen molar-refractivity contribution in [1.29, 1.82) is 0 Å². The zero-order valence-electron chi connectivity index (χ0n) is 14.8. The average molecular weight is 327 g/mol. The Kier molecular flexibility index (Phi) is 10.1. The van der Waals surface area contributed by atoms with E-state index >= 15 is 0 Å². The highest BCUT2D eigenvalue weighted by Crippen LogP contribution is 2.14. The smallest absolute Gasteiger partial charge is 0.433 e. The number of amides is 1. The average Bonchev–Trinajstić information content (AvgIpc) is 2.47. The van der Waals surface area contributed by atoms with Crippen LogP contribution in [0.4, 0.5) is 4.79 Å². The molecule has 0 saturated carbocycles. The van der Waals surface area contributed by atoms with Gasteiger partial charge in [0, 0.05) is 12.8 Å². The van der Waals surface area contributed by atoms with Crippen molar-refractivity contribution in [2.24, 2.45) is 10.9 Å². The van der Waals surface area contributed by atoms with Crippen LogP contribution < -0.4 is 0 Å². The molecule has 0 bridgehead atoms. The highest BCUT2D eigenvalue weighted by atomic mass is 16.6. The number of esters is 1. The third kappa shape index (κ3) is 9.84. The predicted octanol–water partition coefficient (Wildman–Crippen LogP) is 3.54. The van der Waals surface area contributed by atoms with E-state index < -0.39 is 29.7 Å². The molecule has 0 aliphatic carbocycles. The van der Waals surface area contributed by atoms with Crippen LogP contribution in [0.1, 0.15) is 47.0 Å². The molecule has 1 unspecified atom stereocenters. The maximum absolute atomic E-state index is 11.9. The van der Waals surface area contributed by atoms with Crippen molar-refractivity contribution in [3.8, 4) is 0 Å². The molecule has 0 aromatic heterocycles. The second-order valence-electron chi connectivity index (χ2n) is 6.06. The zero-order chi connectivity index (χ0) is 17.9. The van der Waals surface area contributed by atoms with E-state index in [0.717, 1.165) is 12.8 Å². The normalized spacial score (nSPS) is 14.3. The predicted molar refractivity (Wildman–Crippen MR) is 89.7 cm³/mol. The maximum Gasteiger partial charge on any atom is 0.433 e. The number of aliphatic imine (C=N–C) groups is 1. The molecule has 0 rings (SSSR count). The summed E-state index contributed by atoms with van der Waals surface area (Å²) < 4.78 is 15.6. The van der Waals surface area contributed by atoms with E-state index in [4.69, 9.17) is 14.2 Å². The number of hydrogen-bond donors (Lipinski definition) is 0. The second-order valence-corrected chi connectivity index (χ2v) is 6.06. The number of allylic oxidation sites excluding steroid dienone is 1. The van der Waals surface area contributed by atoms with Crippen LogP contribution in [0.3, 0.4) is 0 Å². The third-order valence-corrected chi connectivity index (χ3v) is 2.89. The second kappa shape index (κ2) is 10.9. The van der Waals surface area contributed by atoms with Gasteiger partial charge in [-0.15, -0.1) is 6.58 Å². The molecule has 0 radical (unpaired) electrons. The van der Waals surface area contributed by atoms with Gasteiger partial charge in [0.05, 0.1) is 13.2 Å². The number of methoxy groups -OCH3 is 1. The van der Waals surface area contributed by atoms with E-state index in [1.807, 2.05) is 13.0 Å². The van der Waals surface area contributed by atoms with Crippen LogP contribution >= 0.6 is 0 Å². The Morgan fingerprint density at radius 1 is 1.30 bits per heavy atom. The Hall–Kier alpha value is -1.69. The van der Waals surface area contributed by atoms with Crippen LogP contribution in [0.15, 0.2) is 17.6 Å². The summed E-state index contributed by atoms with van der Waals surface area (Å²) in [6.45, 7) is 11.3. The van der Waals surface area contributed by atoms with Gasteiger partial charge in [-0.25, -0.2) is 4.79 Å². The first-order chi connectivity index (χ1) is 10.7. The molecule has 0 heterocycles. The van der Waals surface area contributed by atoms with Crippen molar-refractivity contribution in [3.05, 3.63) is 12.7 Å². The summed E-state index contributed by atoms with van der Waals surface area (Å²) in [5.41, 5.74) is -0.638. The van der Waals surface area contributed by atoms with E-state index in [9.17, 15) is 9.59 Å².